The van der Waals surface area contributed by atoms with Crippen molar-refractivity contribution in [1.29, 1.82) is 0 Å². The minimum atomic E-state index is -0.110. The first-order valence-corrected chi connectivity index (χ1v) is 8.55. The molecule has 0 spiro atoms. The minimum absolute atomic E-state index is 0.00159. The van der Waals surface area contributed by atoms with Crippen molar-refractivity contribution in [1.82, 2.24) is 24.8 Å². The summed E-state index contributed by atoms with van der Waals surface area (Å²) in [7, 11) is 3.23. The number of hydrogen-bond acceptors (Lipinski definition) is 5. The molecule has 0 radical (unpaired) electrons. The third-order valence-corrected chi connectivity index (χ3v) is 4.56. The first-order chi connectivity index (χ1) is 12.2. The molecule has 3 heterocycles. The highest BCUT2D eigenvalue weighted by atomic mass is 16.5. The van der Waals surface area contributed by atoms with Crippen molar-refractivity contribution in [2.45, 2.75) is 19.3 Å². The van der Waals surface area contributed by atoms with Gasteiger partial charge in [0.1, 0.15) is 5.82 Å². The number of piperidine rings is 1. The van der Waals surface area contributed by atoms with Crippen molar-refractivity contribution in [3.05, 3.63) is 30.2 Å². The molecule has 2 aromatic rings. The molecule has 1 N–H and O–H groups in total. The lowest BCUT2D eigenvalue weighted by atomic mass is 9.97. The first kappa shape index (κ1) is 17.2. The highest BCUT2D eigenvalue weighted by molar-refractivity contribution is 5.80. The van der Waals surface area contributed by atoms with Gasteiger partial charge in [0, 0.05) is 39.3 Å². The molecule has 25 heavy (non-hydrogen) atoms. The molecule has 0 bridgehead atoms. The van der Waals surface area contributed by atoms with Crippen LogP contribution in [0.3, 0.4) is 0 Å². The van der Waals surface area contributed by atoms with Gasteiger partial charge < -0.3 is 15.0 Å². The predicted molar refractivity (Wildman–Crippen MR) is 94.4 cm³/mol. The summed E-state index contributed by atoms with van der Waals surface area (Å²) in [5, 5.41) is 11.8. The van der Waals surface area contributed by atoms with Crippen molar-refractivity contribution >= 4 is 17.6 Å². The molecule has 0 amide bonds. The van der Waals surface area contributed by atoms with Gasteiger partial charge in [0.2, 0.25) is 0 Å². The molecule has 8 nitrogen and oxygen atoms in total. The average Bonchev–Trinajstić information content (AvgIpc) is 3.08. The molecular formula is C17H24N6O2. The summed E-state index contributed by atoms with van der Waals surface area (Å²) in [6, 6.07) is 5.86. The third-order valence-electron chi connectivity index (χ3n) is 4.56. The molecule has 1 fully saturated rings. The lowest BCUT2D eigenvalue weighted by molar-refractivity contribution is -0.146. The number of aliphatic imine (C=N–C) groups is 1. The van der Waals surface area contributed by atoms with Crippen LogP contribution in [0.2, 0.25) is 0 Å². The van der Waals surface area contributed by atoms with Crippen LogP contribution in [0.1, 0.15) is 18.7 Å². The van der Waals surface area contributed by atoms with Crippen LogP contribution in [-0.4, -0.2) is 65.2 Å². The number of hydrogen-bond donors (Lipinski definition) is 1. The number of ether oxygens (including phenoxy) is 1. The first-order valence-electron chi connectivity index (χ1n) is 8.55. The van der Waals surface area contributed by atoms with E-state index in [0.29, 0.717) is 0 Å². The zero-order valence-corrected chi connectivity index (χ0v) is 14.7. The smallest absolute Gasteiger partial charge is 0.308 e. The number of fused-ring (bicyclic) bond motifs is 1. The van der Waals surface area contributed by atoms with Crippen LogP contribution in [0.5, 0.6) is 0 Å². The van der Waals surface area contributed by atoms with Gasteiger partial charge in [-0.05, 0) is 25.0 Å². The predicted octanol–water partition coefficient (Wildman–Crippen LogP) is 0.732. The molecule has 2 aromatic heterocycles. The normalized spacial score (nSPS) is 16.2. The topological polar surface area (TPSA) is 84.1 Å². The molecule has 1 aliphatic heterocycles. The lowest BCUT2D eigenvalue weighted by Gasteiger charge is -2.33. The maximum atomic E-state index is 11.6. The maximum absolute atomic E-state index is 11.6. The van der Waals surface area contributed by atoms with Gasteiger partial charge in [0.25, 0.3) is 0 Å². The maximum Gasteiger partial charge on any atom is 0.308 e. The van der Waals surface area contributed by atoms with Gasteiger partial charge in [-0.25, -0.2) is 0 Å². The number of carbonyl (C=O) groups is 1. The summed E-state index contributed by atoms with van der Waals surface area (Å²) in [5.41, 5.74) is 0.853. The third kappa shape index (κ3) is 3.89. The second kappa shape index (κ2) is 7.96. The minimum Gasteiger partial charge on any atom is -0.469 e. The SMILES string of the molecule is CN=C(NCCc1nnc2ccccn12)N1CCC(C(=O)OC)CC1. The summed E-state index contributed by atoms with van der Waals surface area (Å²) in [6.45, 7) is 2.32. The molecule has 1 aliphatic rings. The molecule has 0 aromatic carbocycles. The van der Waals surface area contributed by atoms with Crippen molar-refractivity contribution in [3.63, 3.8) is 0 Å². The van der Waals surface area contributed by atoms with E-state index in [1.807, 2.05) is 28.8 Å². The second-order valence-electron chi connectivity index (χ2n) is 6.05. The van der Waals surface area contributed by atoms with E-state index in [0.717, 1.165) is 56.3 Å². The number of pyridine rings is 1. The lowest BCUT2D eigenvalue weighted by Crippen LogP contribution is -2.47. The van der Waals surface area contributed by atoms with E-state index >= 15 is 0 Å². The zero-order valence-electron chi connectivity index (χ0n) is 14.7. The monoisotopic (exact) mass is 344 g/mol. The zero-order chi connectivity index (χ0) is 17.6. The number of nitrogens with zero attached hydrogens (tertiary/aromatic N) is 5. The molecular weight excluding hydrogens is 320 g/mol. The number of nitrogens with one attached hydrogen (secondary N) is 1. The summed E-state index contributed by atoms with van der Waals surface area (Å²) in [4.78, 5) is 18.2. The van der Waals surface area contributed by atoms with Crippen LogP contribution in [-0.2, 0) is 16.0 Å². The van der Waals surface area contributed by atoms with E-state index in [1.54, 1.807) is 7.05 Å². The van der Waals surface area contributed by atoms with Gasteiger partial charge in [0.15, 0.2) is 11.6 Å². The van der Waals surface area contributed by atoms with E-state index in [-0.39, 0.29) is 11.9 Å². The van der Waals surface area contributed by atoms with Crippen molar-refractivity contribution in [2.24, 2.45) is 10.9 Å². The highest BCUT2D eigenvalue weighted by Gasteiger charge is 2.26. The quantitative estimate of drug-likeness (QED) is 0.500. The summed E-state index contributed by atoms with van der Waals surface area (Å²) >= 11 is 0. The van der Waals surface area contributed by atoms with E-state index < -0.39 is 0 Å². The largest absolute Gasteiger partial charge is 0.469 e. The molecule has 8 heteroatoms. The number of guanidine groups is 1. The fourth-order valence-electron chi connectivity index (χ4n) is 3.17. The Hall–Kier alpha value is -2.64. The number of methoxy groups -OCH3 is 1. The highest BCUT2D eigenvalue weighted by Crippen LogP contribution is 2.18. The average molecular weight is 344 g/mol. The number of likely N-dealkylation sites (tertiary alicyclic amines) is 1. The van der Waals surface area contributed by atoms with E-state index in [2.05, 4.69) is 25.4 Å². The van der Waals surface area contributed by atoms with Gasteiger partial charge >= 0.3 is 5.97 Å². The number of rotatable bonds is 4. The van der Waals surface area contributed by atoms with E-state index in [4.69, 9.17) is 4.74 Å². The fraction of sp³-hybridized carbons (Fsp3) is 0.529. The summed E-state index contributed by atoms with van der Waals surface area (Å²) in [6.07, 6.45) is 4.31. The Morgan fingerprint density at radius 2 is 2.16 bits per heavy atom. The molecule has 0 atom stereocenters. The molecule has 0 saturated carbocycles. The van der Waals surface area contributed by atoms with Crippen LogP contribution in [0.4, 0.5) is 0 Å². The number of carbonyl (C=O) groups excluding carboxylic acids is 1. The van der Waals surface area contributed by atoms with Crippen molar-refractivity contribution in [3.8, 4) is 0 Å². The Morgan fingerprint density at radius 3 is 2.88 bits per heavy atom. The summed E-state index contributed by atoms with van der Waals surface area (Å²) in [5.74, 6) is 1.67. The Bertz CT molecular complexity index is 748. The fourth-order valence-corrected chi connectivity index (χ4v) is 3.17. The van der Waals surface area contributed by atoms with Crippen LogP contribution in [0, 0.1) is 5.92 Å². The Balaban J connectivity index is 1.51. The Labute approximate surface area is 146 Å². The van der Waals surface area contributed by atoms with Gasteiger partial charge in [-0.1, -0.05) is 6.07 Å². The number of esters is 1. The van der Waals surface area contributed by atoms with Crippen LogP contribution >= 0.6 is 0 Å². The van der Waals surface area contributed by atoms with E-state index in [9.17, 15) is 4.79 Å². The Morgan fingerprint density at radius 1 is 1.36 bits per heavy atom. The van der Waals surface area contributed by atoms with Gasteiger partial charge in [-0.3, -0.25) is 14.2 Å². The van der Waals surface area contributed by atoms with Gasteiger partial charge in [-0.15, -0.1) is 10.2 Å². The molecule has 0 aliphatic carbocycles. The van der Waals surface area contributed by atoms with E-state index in [1.165, 1.54) is 7.11 Å². The van der Waals surface area contributed by atoms with Crippen LogP contribution in [0.25, 0.3) is 5.65 Å². The molecule has 134 valence electrons. The number of aromatic nitrogens is 3. The Kier molecular flexibility index (Phi) is 5.47. The molecule has 0 unspecified atom stereocenters. The van der Waals surface area contributed by atoms with Crippen LogP contribution in [0.15, 0.2) is 29.4 Å². The molecule has 3 rings (SSSR count). The summed E-state index contributed by atoms with van der Waals surface area (Å²) < 4.78 is 6.83. The van der Waals surface area contributed by atoms with Gasteiger partial charge in [0.05, 0.1) is 13.0 Å². The van der Waals surface area contributed by atoms with Gasteiger partial charge in [-0.2, -0.15) is 0 Å². The standard InChI is InChI=1S/C17H24N6O2/c1-18-17(22-11-7-13(8-12-22)16(24)25-2)19-9-6-15-21-20-14-5-3-4-10-23(14)15/h3-5,10,13H,6-9,11-12H2,1-2H3,(H,18,19). The second-order valence-corrected chi connectivity index (χ2v) is 6.05. The molecule has 1 saturated heterocycles. The van der Waals surface area contributed by atoms with Crippen molar-refractivity contribution in [2.75, 3.05) is 33.8 Å². The van der Waals surface area contributed by atoms with Crippen molar-refractivity contribution < 1.29 is 9.53 Å². The van der Waals surface area contributed by atoms with Crippen LogP contribution < -0.4 is 5.32 Å².